The molecule has 7 nitrogen and oxygen atoms in total. The average Bonchev–Trinajstić information content (AvgIpc) is 2.01. The largest absolute Gasteiger partial charge is 0.392 e. The molecule has 0 heterocycles. The van der Waals surface area contributed by atoms with Gasteiger partial charge in [-0.2, -0.15) is 0 Å². The molecular formula is C6H7N3O4S. The third-order valence-corrected chi connectivity index (χ3v) is 2.52. The van der Waals surface area contributed by atoms with E-state index >= 15 is 0 Å². The number of sulfonamides is 1. The van der Waals surface area contributed by atoms with Crippen LogP contribution in [0.3, 0.4) is 0 Å². The number of nitro groups is 1. The Bertz CT molecular complexity index is 482. The number of hydrogen-bond donors (Lipinski definition) is 2. The van der Waals surface area contributed by atoms with Crippen LogP contribution >= 0.6 is 0 Å². The topological polar surface area (TPSA) is 129 Å². The van der Waals surface area contributed by atoms with E-state index in [4.69, 9.17) is 10.9 Å². The summed E-state index contributed by atoms with van der Waals surface area (Å²) in [6.45, 7) is 0. The number of nitrogens with zero attached hydrogens (tertiary/aromatic N) is 1. The molecule has 0 aromatic heterocycles. The Morgan fingerprint density at radius 1 is 1.36 bits per heavy atom. The molecule has 0 fully saturated rings. The number of nitro benzene ring substituents is 1. The van der Waals surface area contributed by atoms with Gasteiger partial charge in [-0.1, -0.05) is 6.07 Å². The SMILES string of the molecule is Nc1c([N+](=O)[O-])cccc1S(N)(=O)=O. The minimum Gasteiger partial charge on any atom is -0.392 e. The summed E-state index contributed by atoms with van der Waals surface area (Å²) in [7, 11) is -4.02. The van der Waals surface area contributed by atoms with Crippen LogP contribution in [-0.2, 0) is 10.0 Å². The Hall–Kier alpha value is -1.67. The summed E-state index contributed by atoms with van der Waals surface area (Å²) in [6.07, 6.45) is 0. The third kappa shape index (κ3) is 1.80. The number of anilines is 1. The predicted molar refractivity (Wildman–Crippen MR) is 48.9 cm³/mol. The number of nitrogen functional groups attached to an aromatic ring is 1. The first kappa shape index (κ1) is 10.4. The Kier molecular flexibility index (Phi) is 2.41. The molecule has 1 aromatic rings. The number of para-hydroxylation sites is 1. The van der Waals surface area contributed by atoms with Crippen molar-refractivity contribution < 1.29 is 13.3 Å². The molecule has 0 aliphatic heterocycles. The number of rotatable bonds is 2. The lowest BCUT2D eigenvalue weighted by Gasteiger charge is -2.02. The Morgan fingerprint density at radius 2 is 1.93 bits per heavy atom. The fourth-order valence-electron chi connectivity index (χ4n) is 0.940. The predicted octanol–water partition coefficient (Wildman–Crippen LogP) is -0.176. The fraction of sp³-hybridized carbons (Fsp3) is 0. The van der Waals surface area contributed by atoms with E-state index in [0.29, 0.717) is 0 Å². The zero-order valence-electron chi connectivity index (χ0n) is 6.88. The Balaban J connectivity index is 3.51. The van der Waals surface area contributed by atoms with Gasteiger partial charge in [0, 0.05) is 6.07 Å². The minimum absolute atomic E-state index is 0.438. The molecule has 0 aliphatic rings. The molecule has 1 rings (SSSR count). The van der Waals surface area contributed by atoms with Crippen molar-refractivity contribution in [1.29, 1.82) is 0 Å². The summed E-state index contributed by atoms with van der Waals surface area (Å²) in [6, 6.07) is 3.41. The van der Waals surface area contributed by atoms with Crippen LogP contribution in [0.2, 0.25) is 0 Å². The summed E-state index contributed by atoms with van der Waals surface area (Å²) >= 11 is 0. The van der Waals surface area contributed by atoms with Crippen molar-refractivity contribution >= 4 is 21.4 Å². The van der Waals surface area contributed by atoms with Crippen molar-refractivity contribution in [3.05, 3.63) is 28.3 Å². The van der Waals surface area contributed by atoms with Crippen molar-refractivity contribution in [2.24, 2.45) is 5.14 Å². The smallest absolute Gasteiger partial charge is 0.293 e. The van der Waals surface area contributed by atoms with Crippen molar-refractivity contribution in [2.75, 3.05) is 5.73 Å². The molecular weight excluding hydrogens is 210 g/mol. The van der Waals surface area contributed by atoms with Gasteiger partial charge >= 0.3 is 0 Å². The molecule has 76 valence electrons. The molecule has 0 bridgehead atoms. The van der Waals surface area contributed by atoms with Crippen LogP contribution in [0.1, 0.15) is 0 Å². The van der Waals surface area contributed by atoms with Gasteiger partial charge in [0.2, 0.25) is 10.0 Å². The van der Waals surface area contributed by atoms with Crippen molar-refractivity contribution in [3.8, 4) is 0 Å². The summed E-state index contributed by atoms with van der Waals surface area (Å²) in [5.41, 5.74) is 4.35. The highest BCUT2D eigenvalue weighted by molar-refractivity contribution is 7.89. The Morgan fingerprint density at radius 3 is 2.36 bits per heavy atom. The van der Waals surface area contributed by atoms with Gasteiger partial charge in [-0.3, -0.25) is 10.1 Å². The lowest BCUT2D eigenvalue weighted by molar-refractivity contribution is -0.384. The van der Waals surface area contributed by atoms with E-state index in [9.17, 15) is 18.5 Å². The quantitative estimate of drug-likeness (QED) is 0.403. The highest BCUT2D eigenvalue weighted by Gasteiger charge is 2.20. The second-order valence-electron chi connectivity index (χ2n) is 2.49. The standard InChI is InChI=1S/C6H7N3O4S/c7-6-4(9(10)11)2-1-3-5(6)14(8,12)13/h1-3H,7H2,(H2,8,12,13). The molecule has 0 saturated heterocycles. The van der Waals surface area contributed by atoms with Crippen LogP contribution in [0, 0.1) is 10.1 Å². The maximum Gasteiger partial charge on any atom is 0.293 e. The van der Waals surface area contributed by atoms with Gasteiger partial charge in [0.1, 0.15) is 10.6 Å². The summed E-state index contributed by atoms with van der Waals surface area (Å²) in [4.78, 5) is 9.18. The maximum absolute atomic E-state index is 10.9. The number of nitrogens with two attached hydrogens (primary N) is 2. The monoisotopic (exact) mass is 217 g/mol. The summed E-state index contributed by atoms with van der Waals surface area (Å²) in [5.74, 6) is 0. The van der Waals surface area contributed by atoms with E-state index in [0.717, 1.165) is 12.1 Å². The van der Waals surface area contributed by atoms with Gasteiger partial charge in [0.15, 0.2) is 0 Å². The van der Waals surface area contributed by atoms with E-state index in [-0.39, 0.29) is 0 Å². The van der Waals surface area contributed by atoms with Crippen molar-refractivity contribution in [3.63, 3.8) is 0 Å². The van der Waals surface area contributed by atoms with E-state index in [1.54, 1.807) is 0 Å². The van der Waals surface area contributed by atoms with Gasteiger partial charge in [0.05, 0.1) is 4.92 Å². The zero-order valence-corrected chi connectivity index (χ0v) is 7.69. The van der Waals surface area contributed by atoms with Crippen molar-refractivity contribution in [1.82, 2.24) is 0 Å². The molecule has 0 radical (unpaired) electrons. The van der Waals surface area contributed by atoms with Gasteiger partial charge in [-0.15, -0.1) is 0 Å². The normalized spacial score (nSPS) is 11.2. The maximum atomic E-state index is 10.9. The summed E-state index contributed by atoms with van der Waals surface area (Å²) < 4.78 is 21.8. The first-order chi connectivity index (χ1) is 6.34. The molecule has 8 heteroatoms. The first-order valence-corrected chi connectivity index (χ1v) is 4.94. The van der Waals surface area contributed by atoms with Gasteiger partial charge in [-0.25, -0.2) is 13.6 Å². The number of primary sulfonamides is 1. The third-order valence-electron chi connectivity index (χ3n) is 1.55. The van der Waals surface area contributed by atoms with Crippen LogP contribution in [0.15, 0.2) is 23.1 Å². The van der Waals surface area contributed by atoms with Gasteiger partial charge < -0.3 is 5.73 Å². The second kappa shape index (κ2) is 3.24. The van der Waals surface area contributed by atoms with E-state index in [1.165, 1.54) is 6.07 Å². The molecule has 0 spiro atoms. The molecule has 0 amide bonds. The molecule has 0 aliphatic carbocycles. The second-order valence-corrected chi connectivity index (χ2v) is 4.02. The molecule has 4 N–H and O–H groups in total. The lowest BCUT2D eigenvalue weighted by atomic mass is 10.3. The van der Waals surface area contributed by atoms with Crippen LogP contribution in [0.25, 0.3) is 0 Å². The molecule has 0 unspecified atom stereocenters. The van der Waals surface area contributed by atoms with Gasteiger partial charge in [-0.05, 0) is 6.07 Å². The molecule has 0 saturated carbocycles. The lowest BCUT2D eigenvalue weighted by Crippen LogP contribution is -2.15. The molecule has 1 aromatic carbocycles. The Labute approximate surface area is 79.5 Å². The van der Waals surface area contributed by atoms with Crippen LogP contribution < -0.4 is 10.9 Å². The van der Waals surface area contributed by atoms with E-state index in [2.05, 4.69) is 0 Å². The number of benzene rings is 1. The van der Waals surface area contributed by atoms with Crippen molar-refractivity contribution in [2.45, 2.75) is 4.90 Å². The van der Waals surface area contributed by atoms with E-state index in [1.807, 2.05) is 0 Å². The van der Waals surface area contributed by atoms with Crippen LogP contribution in [0.4, 0.5) is 11.4 Å². The summed E-state index contributed by atoms with van der Waals surface area (Å²) in [5, 5.41) is 15.2. The molecule has 14 heavy (non-hydrogen) atoms. The van der Waals surface area contributed by atoms with Gasteiger partial charge in [0.25, 0.3) is 5.69 Å². The minimum atomic E-state index is -4.02. The van der Waals surface area contributed by atoms with Crippen LogP contribution in [-0.4, -0.2) is 13.3 Å². The first-order valence-electron chi connectivity index (χ1n) is 3.39. The van der Waals surface area contributed by atoms with E-state index < -0.39 is 31.2 Å². The fourth-order valence-corrected chi connectivity index (χ4v) is 1.62. The number of hydrogen-bond acceptors (Lipinski definition) is 5. The molecule has 0 atom stereocenters. The average molecular weight is 217 g/mol. The van der Waals surface area contributed by atoms with Crippen LogP contribution in [0.5, 0.6) is 0 Å². The highest BCUT2D eigenvalue weighted by Crippen LogP contribution is 2.27. The highest BCUT2D eigenvalue weighted by atomic mass is 32.2. The zero-order chi connectivity index (χ0) is 10.9.